The van der Waals surface area contributed by atoms with Crippen LogP contribution in [0.1, 0.15) is 634 Å². The van der Waals surface area contributed by atoms with E-state index in [0.717, 1.165) is 54.3 Å². The molecule has 0 saturated heterocycles. The Kier molecular flexibility index (Phi) is 61.9. The Morgan fingerprint density at radius 1 is 0.153 bits per heavy atom. The van der Waals surface area contributed by atoms with E-state index in [-0.39, 0.29) is 0 Å². The molecule has 35 rings (SSSR count). The van der Waals surface area contributed by atoms with Crippen molar-refractivity contribution in [2.24, 2.45) is 124 Å². The standard InChI is InChI=1S/C10H18.C10H12.2C9H16.C8H14.C8H10.C8H14.C8H16.C7H12.C7H10.C7H12.C7H14.2C6H10.2C6H8.C5H8.C5H10.C5H8.C4H8.C3H6/c2*1-2-6-10-8-4-3-7-9(10)5-1;2*1-2-5-9-7-3-6-8(9)4-1;2*1-3-7-5-2-6-8(7)4-1;1-2-8-5-3-7(1)4-6-8;1-2-4-6-8-7-5-3-1;2*1-2-7-4-3-6(1)5-7;1-2-6-4-7(3-1)5-6;1-2-4-6-7-5-3-1;1-2-5-4-6(5)3-1;3*1-2-4-6-5-3-1;1-2-5-3-4(1)5;2*1-2-4-5-3-1;1-2-4-3-1;1-2-3-1/h9-10H,1-8H2;1-2,5-6H,3-4,7-8H2;2*8-9H,1-7H2;7-8H,1-6H2;1,3-4,7H,2,5-6H2;7-8H,1-6H2;1-8H2;6-7H,1-5H2;1-2,6-7H,3-5H2;6-7H,1-5H2;1-7H2;5-6H,1-4H2;1-2H,3-6H2;1-2,5-6H,3-4H2;1-4H,5-6H2;4-5H,1-3H2;1-5H2;1-2H,3-5H2;1-4H2;1-3H2. The topological polar surface area (TPSA) is 0 Å². The van der Waals surface area contributed by atoms with E-state index in [0.29, 0.717) is 0 Å². The molecule has 0 aromatic heterocycles. The summed E-state index contributed by atoms with van der Waals surface area (Å²) in [5.74, 6) is 24.1. The second-order valence-electron chi connectivity index (χ2n) is 53.6. The summed E-state index contributed by atoms with van der Waals surface area (Å²) in [7, 11) is 0. The van der Waals surface area contributed by atoms with Gasteiger partial charge in [-0.2, -0.15) is 0 Å². The maximum atomic E-state index is 2.38. The molecule has 0 heteroatoms. The average Bonchev–Trinajstić information content (AvgIpc) is 1.63. The van der Waals surface area contributed by atoms with Gasteiger partial charge in [-0.3, -0.25) is 0 Å². The molecule has 27 saturated carbocycles. The Bertz CT molecular complexity index is 3250. The molecular formula is C144H240. The van der Waals surface area contributed by atoms with Crippen LogP contribution in [0.3, 0.4) is 0 Å². The van der Waals surface area contributed by atoms with Crippen LogP contribution in [-0.2, 0) is 12.8 Å². The molecule has 0 radical (unpaired) electrons. The van der Waals surface area contributed by atoms with Crippen molar-refractivity contribution in [1.82, 2.24) is 0 Å². The summed E-state index contributed by atoms with van der Waals surface area (Å²) in [6, 6.07) is 8.80. The van der Waals surface area contributed by atoms with Crippen molar-refractivity contribution in [2.45, 2.75) is 636 Å². The van der Waals surface area contributed by atoms with Crippen LogP contribution in [0.25, 0.3) is 0 Å². The SMILES string of the molecule is C1=CC2CCC1C2.C1=CC2CCCC2=C1.C1=CCC=CC1.C1=CCCC1.C1=CCCC=C1.C1=CCCCC1.C1CC1.C1CC2CC(C1)C2.C1CC2CC12.C1CC2CC2C1.C1CC2CCC1C2.C1CC2CCC1CC2.C1CC2CCCC2C1.C1CCC1.C1CCC2CCCC2C1.C1CCC2CCCC2C1.C1CCC2CCCCC2C1.C1CCCC1.C1CCCCCC1.C1CCCCCCC1.c1ccc2c(c1)CCCC2. The Hall–Kier alpha value is -3.12. The molecule has 11 atom stereocenters. The van der Waals surface area contributed by atoms with Crippen LogP contribution in [0, 0.1) is 124 Å². The smallest absolute Gasteiger partial charge is 0.00169 e. The first-order valence-corrected chi connectivity index (χ1v) is 67.6. The fourth-order valence-corrected chi connectivity index (χ4v) is 31.3. The van der Waals surface area contributed by atoms with Crippen LogP contribution < -0.4 is 0 Å². The van der Waals surface area contributed by atoms with Gasteiger partial charge in [0.05, 0.1) is 0 Å². The second-order valence-corrected chi connectivity index (χ2v) is 53.6. The van der Waals surface area contributed by atoms with Crippen molar-refractivity contribution in [1.29, 1.82) is 0 Å². The van der Waals surface area contributed by atoms with E-state index in [1.165, 1.54) is 468 Å². The molecule has 144 heavy (non-hydrogen) atoms. The fourth-order valence-electron chi connectivity index (χ4n) is 31.3. The lowest BCUT2D eigenvalue weighted by Crippen LogP contribution is -2.28. The van der Waals surface area contributed by atoms with Gasteiger partial charge in [0.25, 0.3) is 0 Å². The highest BCUT2D eigenvalue weighted by molar-refractivity contribution is 5.30. The van der Waals surface area contributed by atoms with Gasteiger partial charge in [0.1, 0.15) is 0 Å². The summed E-state index contributed by atoms with van der Waals surface area (Å²) >= 11 is 0. The minimum atomic E-state index is 0.856. The highest BCUT2D eigenvalue weighted by atomic mass is 14.5. The summed E-state index contributed by atoms with van der Waals surface area (Å²) in [4.78, 5) is 0. The first-order chi connectivity index (χ1) is 71.5. The number of hydrogen-bond acceptors (Lipinski definition) is 0. The van der Waals surface area contributed by atoms with E-state index in [2.05, 4.69) is 128 Å². The number of fused-ring (bicyclic) bond motifs is 17. The molecule has 27 fully saturated rings. The quantitative estimate of drug-likeness (QED) is 0.179. The van der Waals surface area contributed by atoms with Crippen molar-refractivity contribution in [2.75, 3.05) is 0 Å². The van der Waals surface area contributed by atoms with Crippen molar-refractivity contribution >= 4 is 0 Å². The minimum Gasteiger partial charge on any atom is -0.0885 e. The van der Waals surface area contributed by atoms with Gasteiger partial charge in [-0.25, -0.2) is 0 Å². The second kappa shape index (κ2) is 75.6. The number of aryl methyl sites for hydroxylation is 2. The predicted molar refractivity (Wildman–Crippen MR) is 636 cm³/mol. The highest BCUT2D eigenvalue weighted by Gasteiger charge is 2.45. The Labute approximate surface area is 898 Å². The summed E-state index contributed by atoms with van der Waals surface area (Å²) in [6.45, 7) is 0. The lowest BCUT2D eigenvalue weighted by Gasteiger charge is -2.40. The summed E-state index contributed by atoms with van der Waals surface area (Å²) in [6.07, 6.45) is 186. The molecule has 8 bridgehead atoms. The van der Waals surface area contributed by atoms with E-state index in [9.17, 15) is 0 Å². The van der Waals surface area contributed by atoms with Gasteiger partial charge < -0.3 is 0 Å². The lowest BCUT2D eigenvalue weighted by molar-refractivity contribution is 0.116. The minimum absolute atomic E-state index is 0.856. The molecule has 1 aromatic rings. The maximum absolute atomic E-state index is 2.38. The first-order valence-electron chi connectivity index (χ1n) is 67.6. The third-order valence-electron chi connectivity index (χ3n) is 41.9. The maximum Gasteiger partial charge on any atom is -0.00169 e. The van der Waals surface area contributed by atoms with Gasteiger partial charge >= 0.3 is 0 Å². The Morgan fingerprint density at radius 3 is 0.618 bits per heavy atom. The Morgan fingerprint density at radius 2 is 0.431 bits per heavy atom. The van der Waals surface area contributed by atoms with Gasteiger partial charge in [-0.1, -0.05) is 589 Å². The van der Waals surface area contributed by atoms with Crippen molar-refractivity contribution in [3.63, 3.8) is 0 Å². The van der Waals surface area contributed by atoms with Crippen molar-refractivity contribution in [3.05, 3.63) is 144 Å². The van der Waals surface area contributed by atoms with E-state index in [4.69, 9.17) is 0 Å². The fraction of sp³-hybridized carbons (Fsp3) is 0.833. The van der Waals surface area contributed by atoms with E-state index >= 15 is 0 Å². The summed E-state index contributed by atoms with van der Waals surface area (Å²) in [5, 5.41) is 0. The Balaban J connectivity index is 0.000000127. The largest absolute Gasteiger partial charge is 0.0885 e. The first kappa shape index (κ1) is 118. The monoisotopic (exact) mass is 1970 g/mol. The van der Waals surface area contributed by atoms with Crippen LogP contribution in [0.4, 0.5) is 0 Å². The van der Waals surface area contributed by atoms with E-state index < -0.39 is 0 Å². The normalized spacial score (nSPS) is 34.9. The molecule has 34 aliphatic carbocycles. The number of rotatable bonds is 0. The molecule has 0 N–H and O–H groups in total. The highest BCUT2D eigenvalue weighted by Crippen LogP contribution is 2.56. The van der Waals surface area contributed by atoms with Crippen LogP contribution in [0.15, 0.2) is 133 Å². The van der Waals surface area contributed by atoms with Crippen molar-refractivity contribution < 1.29 is 0 Å². The molecular weight excluding hydrogens is 1730 g/mol. The zero-order valence-corrected chi connectivity index (χ0v) is 95.8. The van der Waals surface area contributed by atoms with E-state index in [1.54, 1.807) is 254 Å². The average molecular weight is 1970 g/mol. The summed E-state index contributed by atoms with van der Waals surface area (Å²) < 4.78 is 0. The van der Waals surface area contributed by atoms with Crippen LogP contribution >= 0.6 is 0 Å². The molecule has 0 nitrogen and oxygen atoms in total. The molecule has 11 unspecified atom stereocenters. The number of benzene rings is 1. The van der Waals surface area contributed by atoms with Gasteiger partial charge in [0.2, 0.25) is 0 Å². The summed E-state index contributed by atoms with van der Waals surface area (Å²) in [5.41, 5.74) is 4.83. The number of hydrogen-bond donors (Lipinski definition) is 0. The van der Waals surface area contributed by atoms with Crippen LogP contribution in [0.2, 0.25) is 0 Å². The third kappa shape index (κ3) is 51.3. The van der Waals surface area contributed by atoms with Gasteiger partial charge in [-0.15, -0.1) is 0 Å². The van der Waals surface area contributed by atoms with Gasteiger partial charge in [-0.05, 0) is 315 Å². The zero-order chi connectivity index (χ0) is 98.7. The van der Waals surface area contributed by atoms with Gasteiger partial charge in [0, 0.05) is 0 Å². The van der Waals surface area contributed by atoms with Gasteiger partial charge in [0.15, 0.2) is 0 Å². The molecule has 0 aliphatic heterocycles. The molecule has 34 aliphatic rings. The van der Waals surface area contributed by atoms with E-state index in [1.807, 2.05) is 0 Å². The third-order valence-corrected chi connectivity index (χ3v) is 41.9. The molecule has 1 aromatic carbocycles. The molecule has 0 amide bonds. The predicted octanol–water partition coefficient (Wildman–Crippen LogP) is 47.1. The zero-order valence-electron chi connectivity index (χ0n) is 95.8. The molecule has 0 heterocycles. The van der Waals surface area contributed by atoms with Crippen LogP contribution in [0.5, 0.6) is 0 Å². The molecule has 816 valence electrons. The number of allylic oxidation sites excluding steroid dienone is 18. The van der Waals surface area contributed by atoms with Crippen molar-refractivity contribution in [3.8, 4) is 0 Å². The van der Waals surface area contributed by atoms with Crippen LogP contribution in [-0.4, -0.2) is 0 Å². The molecule has 0 spiro atoms. The lowest BCUT2D eigenvalue weighted by atomic mass is 9.65.